The normalized spacial score (nSPS) is 10.5. The summed E-state index contributed by atoms with van der Waals surface area (Å²) >= 11 is 17.2. The number of hydrogen-bond acceptors (Lipinski definition) is 5. The molecule has 0 aliphatic carbocycles. The van der Waals surface area contributed by atoms with E-state index in [4.69, 9.17) is 0 Å². The molecule has 0 aliphatic heterocycles. The molecule has 0 amide bonds. The van der Waals surface area contributed by atoms with E-state index < -0.39 is 5.97 Å². The second-order valence-corrected chi connectivity index (χ2v) is 5.83. The van der Waals surface area contributed by atoms with E-state index in [-0.39, 0.29) is 5.56 Å². The maximum atomic E-state index is 11.4. The fourth-order valence-electron chi connectivity index (χ4n) is 1.85. The lowest BCUT2D eigenvalue weighted by molar-refractivity contribution is 0.0694. The third-order valence-corrected chi connectivity index (χ3v) is 3.94. The molecule has 0 bridgehead atoms. The molecule has 0 saturated carbocycles. The Labute approximate surface area is 132 Å². The Morgan fingerprint density at radius 2 is 1.53 bits per heavy atom. The summed E-state index contributed by atoms with van der Waals surface area (Å²) in [6, 6.07) is 8.60. The van der Waals surface area contributed by atoms with E-state index in [2.05, 4.69) is 50.5 Å². The van der Waals surface area contributed by atoms with Gasteiger partial charge < -0.3 is 5.11 Å². The third kappa shape index (κ3) is 2.91. The molecule has 0 heterocycles. The zero-order valence-corrected chi connectivity index (χ0v) is 13.1. The molecule has 0 unspecified atom stereocenters. The third-order valence-electron chi connectivity index (χ3n) is 2.61. The highest BCUT2D eigenvalue weighted by atomic mass is 32.1. The number of carbonyl (C=O) groups is 1. The topological polar surface area (TPSA) is 37.3 Å². The SMILES string of the molecule is O=C(O)c1c(S)cccc1-c1c(S)cc(S)cc1S. The fourth-order valence-corrected chi connectivity index (χ4v) is 3.46. The van der Waals surface area contributed by atoms with Crippen LogP contribution in [0.3, 0.4) is 0 Å². The lowest BCUT2D eigenvalue weighted by atomic mass is 9.99. The van der Waals surface area contributed by atoms with Gasteiger partial charge in [-0.2, -0.15) is 0 Å². The van der Waals surface area contributed by atoms with Crippen molar-refractivity contribution in [3.63, 3.8) is 0 Å². The first-order chi connectivity index (χ1) is 8.91. The highest BCUT2D eigenvalue weighted by molar-refractivity contribution is 7.82. The highest BCUT2D eigenvalue weighted by Crippen LogP contribution is 2.38. The fraction of sp³-hybridized carbons (Fsp3) is 0. The van der Waals surface area contributed by atoms with Gasteiger partial charge in [-0.1, -0.05) is 12.1 Å². The lowest BCUT2D eigenvalue weighted by Gasteiger charge is -2.13. The zero-order chi connectivity index (χ0) is 14.2. The van der Waals surface area contributed by atoms with Crippen LogP contribution in [0.1, 0.15) is 10.4 Å². The Balaban J connectivity index is 2.80. The maximum Gasteiger partial charge on any atom is 0.337 e. The Morgan fingerprint density at radius 1 is 0.947 bits per heavy atom. The van der Waals surface area contributed by atoms with Gasteiger partial charge in [0, 0.05) is 25.1 Å². The van der Waals surface area contributed by atoms with Gasteiger partial charge in [0.1, 0.15) is 0 Å². The van der Waals surface area contributed by atoms with Crippen molar-refractivity contribution in [2.45, 2.75) is 19.6 Å². The molecule has 0 radical (unpaired) electrons. The molecule has 0 atom stereocenters. The smallest absolute Gasteiger partial charge is 0.337 e. The first-order valence-corrected chi connectivity index (χ1v) is 7.01. The van der Waals surface area contributed by atoms with Gasteiger partial charge in [-0.15, -0.1) is 50.5 Å². The van der Waals surface area contributed by atoms with Gasteiger partial charge in [0.25, 0.3) is 0 Å². The van der Waals surface area contributed by atoms with Crippen LogP contribution in [0.25, 0.3) is 11.1 Å². The van der Waals surface area contributed by atoms with Crippen LogP contribution >= 0.6 is 50.5 Å². The standard InChI is InChI=1S/C13H10O2S4/c14-13(15)12-7(2-1-3-8(12)17)11-9(18)4-6(16)5-10(11)19/h1-5,16-19H,(H,14,15). The van der Waals surface area contributed by atoms with Gasteiger partial charge in [-0.05, 0) is 23.8 Å². The van der Waals surface area contributed by atoms with Gasteiger partial charge in [0.05, 0.1) is 5.56 Å². The van der Waals surface area contributed by atoms with Crippen LogP contribution in [0.2, 0.25) is 0 Å². The van der Waals surface area contributed by atoms with Crippen LogP contribution in [0.5, 0.6) is 0 Å². The highest BCUT2D eigenvalue weighted by Gasteiger charge is 2.18. The molecular weight excluding hydrogens is 316 g/mol. The van der Waals surface area contributed by atoms with Crippen molar-refractivity contribution in [1.82, 2.24) is 0 Å². The molecule has 19 heavy (non-hydrogen) atoms. The Hall–Kier alpha value is -0.690. The average molecular weight is 326 g/mol. The minimum absolute atomic E-state index is 0.142. The number of carboxylic acids is 1. The lowest BCUT2D eigenvalue weighted by Crippen LogP contribution is -2.02. The summed E-state index contributed by atoms with van der Waals surface area (Å²) in [6.07, 6.45) is 0. The second kappa shape index (κ2) is 5.75. The second-order valence-electron chi connectivity index (χ2n) is 3.86. The van der Waals surface area contributed by atoms with Crippen LogP contribution in [-0.4, -0.2) is 11.1 Å². The van der Waals surface area contributed by atoms with E-state index in [1.807, 2.05) is 0 Å². The summed E-state index contributed by atoms with van der Waals surface area (Å²) in [5.74, 6) is -1.03. The molecule has 1 N–H and O–H groups in total. The summed E-state index contributed by atoms with van der Waals surface area (Å²) in [7, 11) is 0. The van der Waals surface area contributed by atoms with Crippen LogP contribution in [0, 0.1) is 0 Å². The van der Waals surface area contributed by atoms with E-state index in [1.54, 1.807) is 30.3 Å². The number of aromatic carboxylic acids is 1. The summed E-state index contributed by atoms with van der Waals surface area (Å²) in [4.78, 5) is 13.8. The molecule has 0 aromatic heterocycles. The van der Waals surface area contributed by atoms with E-state index in [0.29, 0.717) is 25.8 Å². The summed E-state index contributed by atoms with van der Waals surface area (Å²) in [5.41, 5.74) is 1.35. The Kier molecular flexibility index (Phi) is 4.45. The summed E-state index contributed by atoms with van der Waals surface area (Å²) in [6.45, 7) is 0. The van der Waals surface area contributed by atoms with Crippen LogP contribution < -0.4 is 0 Å². The van der Waals surface area contributed by atoms with Crippen LogP contribution in [-0.2, 0) is 0 Å². The first-order valence-electron chi connectivity index (χ1n) is 5.22. The average Bonchev–Trinajstić information content (AvgIpc) is 2.26. The zero-order valence-electron chi connectivity index (χ0n) is 9.53. The molecular formula is C13H10O2S4. The van der Waals surface area contributed by atoms with Crippen molar-refractivity contribution in [2.75, 3.05) is 0 Å². The largest absolute Gasteiger partial charge is 0.478 e. The van der Waals surface area contributed by atoms with Gasteiger partial charge >= 0.3 is 5.97 Å². The molecule has 2 aromatic carbocycles. The van der Waals surface area contributed by atoms with Crippen LogP contribution in [0.4, 0.5) is 0 Å². The quantitative estimate of drug-likeness (QED) is 0.536. The molecule has 6 heteroatoms. The molecule has 0 fully saturated rings. The minimum Gasteiger partial charge on any atom is -0.478 e. The monoisotopic (exact) mass is 326 g/mol. The van der Waals surface area contributed by atoms with Gasteiger partial charge in [0.15, 0.2) is 0 Å². The molecule has 2 aromatic rings. The molecule has 98 valence electrons. The van der Waals surface area contributed by atoms with Crippen molar-refractivity contribution in [3.8, 4) is 11.1 Å². The molecule has 0 saturated heterocycles. The predicted octanol–water partition coefficient (Wildman–Crippen LogP) is 4.21. The number of hydrogen-bond donors (Lipinski definition) is 5. The predicted molar refractivity (Wildman–Crippen MR) is 87.8 cm³/mol. The van der Waals surface area contributed by atoms with Gasteiger partial charge in [0.2, 0.25) is 0 Å². The van der Waals surface area contributed by atoms with Crippen molar-refractivity contribution >= 4 is 56.5 Å². The van der Waals surface area contributed by atoms with E-state index in [9.17, 15) is 9.90 Å². The Morgan fingerprint density at radius 3 is 2.05 bits per heavy atom. The van der Waals surface area contributed by atoms with Gasteiger partial charge in [-0.25, -0.2) is 4.79 Å². The number of rotatable bonds is 2. The van der Waals surface area contributed by atoms with E-state index >= 15 is 0 Å². The summed E-state index contributed by atoms with van der Waals surface area (Å²) < 4.78 is 0. The van der Waals surface area contributed by atoms with Crippen molar-refractivity contribution in [2.24, 2.45) is 0 Å². The van der Waals surface area contributed by atoms with Crippen LogP contribution in [0.15, 0.2) is 49.9 Å². The van der Waals surface area contributed by atoms with Crippen molar-refractivity contribution in [1.29, 1.82) is 0 Å². The number of benzene rings is 2. The van der Waals surface area contributed by atoms with Gasteiger partial charge in [-0.3, -0.25) is 0 Å². The maximum absolute atomic E-state index is 11.4. The van der Waals surface area contributed by atoms with Crippen molar-refractivity contribution in [3.05, 3.63) is 35.9 Å². The summed E-state index contributed by atoms with van der Waals surface area (Å²) in [5, 5.41) is 9.33. The number of thiol groups is 4. The number of carboxylic acid groups (broad SMARTS) is 1. The van der Waals surface area contributed by atoms with E-state index in [0.717, 1.165) is 4.90 Å². The first kappa shape index (κ1) is 14.7. The molecule has 2 rings (SSSR count). The minimum atomic E-state index is -1.03. The van der Waals surface area contributed by atoms with E-state index in [1.165, 1.54) is 0 Å². The molecule has 0 spiro atoms. The Bertz CT molecular complexity index is 645. The molecule has 2 nitrogen and oxygen atoms in total. The van der Waals surface area contributed by atoms with Crippen molar-refractivity contribution < 1.29 is 9.90 Å². The molecule has 0 aliphatic rings.